The molecule has 0 unspecified atom stereocenters. The molecule has 0 fully saturated rings. The average molecular weight is 177 g/mol. The minimum Gasteiger partial charge on any atom is -0.411 e. The van der Waals surface area contributed by atoms with Crippen LogP contribution < -0.4 is 0 Å². The summed E-state index contributed by atoms with van der Waals surface area (Å²) in [7, 11) is 0. The van der Waals surface area contributed by atoms with Gasteiger partial charge in [-0.2, -0.15) is 0 Å². The van der Waals surface area contributed by atoms with E-state index in [2.05, 4.69) is 5.16 Å². The molecule has 2 rings (SSSR count). The molecule has 1 aliphatic heterocycles. The normalized spacial score (nSPS) is 16.0. The summed E-state index contributed by atoms with van der Waals surface area (Å²) in [6, 6.07) is 5.98. The van der Waals surface area contributed by atoms with Gasteiger partial charge in [-0.25, -0.2) is 0 Å². The van der Waals surface area contributed by atoms with Crippen molar-refractivity contribution in [3.8, 4) is 0 Å². The fraction of sp³-hybridized carbons (Fsp3) is 0.300. The maximum atomic E-state index is 8.37. The molecule has 0 saturated carbocycles. The van der Waals surface area contributed by atoms with Crippen LogP contribution in [-0.2, 0) is 17.8 Å². The van der Waals surface area contributed by atoms with E-state index in [9.17, 15) is 0 Å². The van der Waals surface area contributed by atoms with Crippen molar-refractivity contribution in [1.82, 2.24) is 0 Å². The first-order chi connectivity index (χ1) is 6.40. The highest BCUT2D eigenvalue weighted by Crippen LogP contribution is 2.17. The maximum Gasteiger partial charge on any atom is 0.0733 e. The third-order valence-electron chi connectivity index (χ3n) is 2.21. The summed E-state index contributed by atoms with van der Waals surface area (Å²) in [5.41, 5.74) is 3.47. The van der Waals surface area contributed by atoms with Gasteiger partial charge in [0.2, 0.25) is 0 Å². The number of oxime groups is 1. The fourth-order valence-electron chi connectivity index (χ4n) is 1.53. The summed E-state index contributed by atoms with van der Waals surface area (Å²) >= 11 is 0. The van der Waals surface area contributed by atoms with Gasteiger partial charge in [0.1, 0.15) is 0 Å². The van der Waals surface area contributed by atoms with Gasteiger partial charge in [0, 0.05) is 0 Å². The van der Waals surface area contributed by atoms with Gasteiger partial charge >= 0.3 is 0 Å². The summed E-state index contributed by atoms with van der Waals surface area (Å²) < 4.78 is 5.31. The molecule has 1 aromatic rings. The van der Waals surface area contributed by atoms with Gasteiger partial charge in [0.25, 0.3) is 0 Å². The SMILES string of the molecule is ON=Cc1ccc2c(c1)CCOC2. The van der Waals surface area contributed by atoms with Crippen LogP contribution in [0.2, 0.25) is 0 Å². The topological polar surface area (TPSA) is 41.8 Å². The van der Waals surface area contributed by atoms with Crippen LogP contribution in [0.3, 0.4) is 0 Å². The molecule has 0 atom stereocenters. The Hall–Kier alpha value is -1.35. The van der Waals surface area contributed by atoms with Crippen LogP contribution in [0.15, 0.2) is 23.4 Å². The van der Waals surface area contributed by atoms with Crippen LogP contribution in [0.1, 0.15) is 16.7 Å². The lowest BCUT2D eigenvalue weighted by Crippen LogP contribution is -2.09. The quantitative estimate of drug-likeness (QED) is 0.402. The van der Waals surface area contributed by atoms with E-state index in [0.29, 0.717) is 6.61 Å². The van der Waals surface area contributed by atoms with E-state index in [4.69, 9.17) is 9.94 Å². The highest BCUT2D eigenvalue weighted by atomic mass is 16.5. The van der Waals surface area contributed by atoms with E-state index < -0.39 is 0 Å². The van der Waals surface area contributed by atoms with Crippen LogP contribution in [0.4, 0.5) is 0 Å². The summed E-state index contributed by atoms with van der Waals surface area (Å²) in [5, 5.41) is 11.4. The van der Waals surface area contributed by atoms with Gasteiger partial charge in [-0.1, -0.05) is 17.3 Å². The third kappa shape index (κ3) is 1.70. The highest BCUT2D eigenvalue weighted by Gasteiger charge is 2.08. The van der Waals surface area contributed by atoms with Crippen molar-refractivity contribution < 1.29 is 9.94 Å². The number of benzene rings is 1. The lowest BCUT2D eigenvalue weighted by molar-refractivity contribution is 0.111. The monoisotopic (exact) mass is 177 g/mol. The van der Waals surface area contributed by atoms with Gasteiger partial charge in [-0.3, -0.25) is 0 Å². The number of hydrogen-bond acceptors (Lipinski definition) is 3. The number of fused-ring (bicyclic) bond motifs is 1. The fourth-order valence-corrected chi connectivity index (χ4v) is 1.53. The van der Waals surface area contributed by atoms with Crippen molar-refractivity contribution in [1.29, 1.82) is 0 Å². The molecule has 0 aromatic heterocycles. The summed E-state index contributed by atoms with van der Waals surface area (Å²) in [6.45, 7) is 1.48. The molecule has 3 nitrogen and oxygen atoms in total. The van der Waals surface area contributed by atoms with Crippen molar-refractivity contribution in [2.75, 3.05) is 6.61 Å². The van der Waals surface area contributed by atoms with E-state index in [1.165, 1.54) is 17.3 Å². The first-order valence-electron chi connectivity index (χ1n) is 4.27. The van der Waals surface area contributed by atoms with E-state index in [0.717, 1.165) is 18.6 Å². The lowest BCUT2D eigenvalue weighted by atomic mass is 10.0. The Morgan fingerprint density at radius 3 is 3.15 bits per heavy atom. The summed E-state index contributed by atoms with van der Waals surface area (Å²) in [6.07, 6.45) is 2.39. The molecule has 0 saturated heterocycles. The zero-order valence-electron chi connectivity index (χ0n) is 7.23. The first-order valence-corrected chi connectivity index (χ1v) is 4.27. The second-order valence-corrected chi connectivity index (χ2v) is 3.08. The molecular formula is C10H11NO2. The Balaban J connectivity index is 2.35. The minimum absolute atomic E-state index is 0.700. The zero-order chi connectivity index (χ0) is 9.10. The molecule has 0 radical (unpaired) electrons. The zero-order valence-corrected chi connectivity index (χ0v) is 7.23. The van der Waals surface area contributed by atoms with Crippen molar-refractivity contribution in [3.05, 3.63) is 34.9 Å². The van der Waals surface area contributed by atoms with Crippen molar-refractivity contribution >= 4 is 6.21 Å². The van der Waals surface area contributed by atoms with Crippen LogP contribution in [0, 0.1) is 0 Å². The smallest absolute Gasteiger partial charge is 0.0733 e. The Bertz CT molecular complexity index is 334. The predicted octanol–water partition coefficient (Wildman–Crippen LogP) is 1.57. The molecule has 13 heavy (non-hydrogen) atoms. The maximum absolute atomic E-state index is 8.37. The lowest BCUT2D eigenvalue weighted by Gasteiger charge is -2.16. The van der Waals surface area contributed by atoms with E-state index in [-0.39, 0.29) is 0 Å². The molecule has 0 amide bonds. The van der Waals surface area contributed by atoms with Crippen molar-refractivity contribution in [3.63, 3.8) is 0 Å². The minimum atomic E-state index is 0.700. The van der Waals surface area contributed by atoms with Gasteiger partial charge in [-0.05, 0) is 29.2 Å². The first kappa shape index (κ1) is 8.26. The standard InChI is InChI=1S/C10H11NO2/c12-11-6-8-1-2-10-7-13-4-3-9(10)5-8/h1-2,5-6,12H,3-4,7H2. The molecule has 1 aliphatic rings. The van der Waals surface area contributed by atoms with Gasteiger partial charge < -0.3 is 9.94 Å². The molecule has 68 valence electrons. The molecule has 0 spiro atoms. The predicted molar refractivity (Wildman–Crippen MR) is 49.2 cm³/mol. The van der Waals surface area contributed by atoms with Crippen LogP contribution in [-0.4, -0.2) is 18.0 Å². The van der Waals surface area contributed by atoms with Crippen LogP contribution in [0.25, 0.3) is 0 Å². The average Bonchev–Trinajstić information content (AvgIpc) is 2.18. The van der Waals surface area contributed by atoms with Crippen molar-refractivity contribution in [2.45, 2.75) is 13.0 Å². The third-order valence-corrected chi connectivity index (χ3v) is 2.21. The number of hydrogen-bond donors (Lipinski definition) is 1. The van der Waals surface area contributed by atoms with Gasteiger partial charge in [0.15, 0.2) is 0 Å². The molecule has 0 aliphatic carbocycles. The largest absolute Gasteiger partial charge is 0.411 e. The number of rotatable bonds is 1. The second-order valence-electron chi connectivity index (χ2n) is 3.08. The Kier molecular flexibility index (Phi) is 2.27. The highest BCUT2D eigenvalue weighted by molar-refractivity contribution is 5.79. The van der Waals surface area contributed by atoms with Gasteiger partial charge in [-0.15, -0.1) is 0 Å². The molecule has 1 N–H and O–H groups in total. The molecular weight excluding hydrogens is 166 g/mol. The summed E-state index contributed by atoms with van der Waals surface area (Å²) in [5.74, 6) is 0. The Morgan fingerprint density at radius 1 is 1.38 bits per heavy atom. The Labute approximate surface area is 76.6 Å². The molecule has 0 bridgehead atoms. The van der Waals surface area contributed by atoms with Gasteiger partial charge in [0.05, 0.1) is 19.4 Å². The number of ether oxygens (including phenoxy) is 1. The Morgan fingerprint density at radius 2 is 2.31 bits per heavy atom. The van der Waals surface area contributed by atoms with Crippen molar-refractivity contribution in [2.24, 2.45) is 5.16 Å². The molecule has 3 heteroatoms. The van der Waals surface area contributed by atoms with Crippen LogP contribution in [0.5, 0.6) is 0 Å². The summed E-state index contributed by atoms with van der Waals surface area (Å²) in [4.78, 5) is 0. The van der Waals surface area contributed by atoms with E-state index >= 15 is 0 Å². The van der Waals surface area contributed by atoms with Crippen LogP contribution >= 0.6 is 0 Å². The second kappa shape index (κ2) is 3.58. The molecule has 1 aromatic carbocycles. The van der Waals surface area contributed by atoms with E-state index in [1.54, 1.807) is 0 Å². The molecule has 1 heterocycles. The number of nitrogens with zero attached hydrogens (tertiary/aromatic N) is 1. The van der Waals surface area contributed by atoms with E-state index in [1.807, 2.05) is 18.2 Å².